The fraction of sp³-hybridized carbons (Fsp3) is 0.500. The molecule has 1 N–H and O–H groups in total. The molecular weight excluding hydrogens is 191 g/mol. The van der Waals surface area contributed by atoms with Gasteiger partial charge in [0, 0.05) is 24.8 Å². The molecule has 15 heavy (non-hydrogen) atoms. The highest BCUT2D eigenvalue weighted by molar-refractivity contribution is 5.51. The number of rotatable bonds is 1. The number of anilines is 1. The summed E-state index contributed by atoms with van der Waals surface area (Å²) in [6.45, 7) is 3.27. The first-order chi connectivity index (χ1) is 7.34. The smallest absolute Gasteiger partial charge is 0.125 e. The minimum Gasteiger partial charge on any atom is -0.366 e. The monoisotopic (exact) mass is 206 g/mol. The second-order valence-electron chi connectivity index (χ2n) is 4.45. The van der Waals surface area contributed by atoms with E-state index in [1.54, 1.807) is 12.1 Å². The first-order valence-corrected chi connectivity index (χ1v) is 5.57. The summed E-state index contributed by atoms with van der Waals surface area (Å²) >= 11 is 0. The van der Waals surface area contributed by atoms with Crippen LogP contribution in [0.3, 0.4) is 0 Å². The summed E-state index contributed by atoms with van der Waals surface area (Å²) in [6, 6.07) is 7.49. The van der Waals surface area contributed by atoms with Crippen molar-refractivity contribution in [1.29, 1.82) is 0 Å². The Kier molecular flexibility index (Phi) is 2.13. The van der Waals surface area contributed by atoms with Crippen molar-refractivity contribution < 1.29 is 4.39 Å². The number of benzene rings is 1. The highest BCUT2D eigenvalue weighted by atomic mass is 19.1. The molecule has 0 aliphatic carbocycles. The third-order valence-electron chi connectivity index (χ3n) is 3.56. The van der Waals surface area contributed by atoms with Gasteiger partial charge < -0.3 is 10.2 Å². The minimum absolute atomic E-state index is 0.139. The van der Waals surface area contributed by atoms with E-state index in [0.29, 0.717) is 6.04 Å². The summed E-state index contributed by atoms with van der Waals surface area (Å²) in [5, 5.41) is 3.40. The molecule has 2 heterocycles. The van der Waals surface area contributed by atoms with Gasteiger partial charge in [-0.3, -0.25) is 0 Å². The van der Waals surface area contributed by atoms with Gasteiger partial charge in [-0.25, -0.2) is 4.39 Å². The van der Waals surface area contributed by atoms with E-state index in [1.807, 2.05) is 6.07 Å². The van der Waals surface area contributed by atoms with Gasteiger partial charge in [0.05, 0.1) is 0 Å². The number of nitrogens with one attached hydrogen (secondary N) is 1. The molecule has 2 nitrogen and oxygen atoms in total. The zero-order chi connectivity index (χ0) is 10.3. The Morgan fingerprint density at radius 1 is 1.40 bits per heavy atom. The quantitative estimate of drug-likeness (QED) is 0.751. The van der Waals surface area contributed by atoms with Crippen LogP contribution >= 0.6 is 0 Å². The highest BCUT2D eigenvalue weighted by Crippen LogP contribution is 2.34. The van der Waals surface area contributed by atoms with Crippen LogP contribution in [0.5, 0.6) is 0 Å². The Bertz CT molecular complexity index is 366. The lowest BCUT2D eigenvalue weighted by Crippen LogP contribution is -2.63. The van der Waals surface area contributed by atoms with Gasteiger partial charge in [-0.2, -0.15) is 0 Å². The van der Waals surface area contributed by atoms with Crippen molar-refractivity contribution in [3.8, 4) is 0 Å². The topological polar surface area (TPSA) is 15.3 Å². The molecule has 80 valence electrons. The zero-order valence-electron chi connectivity index (χ0n) is 8.62. The Morgan fingerprint density at radius 2 is 2.33 bits per heavy atom. The predicted octanol–water partition coefficient (Wildman–Crippen LogP) is 1.62. The van der Waals surface area contributed by atoms with E-state index in [1.165, 1.54) is 12.5 Å². The maximum absolute atomic E-state index is 13.1. The molecule has 1 aromatic carbocycles. The third kappa shape index (κ3) is 1.51. The average Bonchev–Trinajstić information content (AvgIpc) is 2.20. The average molecular weight is 206 g/mol. The first kappa shape index (κ1) is 9.16. The number of halogens is 1. The second kappa shape index (κ2) is 3.49. The van der Waals surface area contributed by atoms with E-state index in [-0.39, 0.29) is 5.82 Å². The molecule has 2 saturated heterocycles. The number of nitrogens with zero attached hydrogens (tertiary/aromatic N) is 1. The molecule has 0 amide bonds. The Hall–Kier alpha value is -1.09. The van der Waals surface area contributed by atoms with Crippen molar-refractivity contribution in [1.82, 2.24) is 5.32 Å². The van der Waals surface area contributed by atoms with E-state index < -0.39 is 0 Å². The number of fused-ring (bicyclic) bond motifs is 1. The molecule has 2 atom stereocenters. The van der Waals surface area contributed by atoms with Crippen LogP contribution in [-0.4, -0.2) is 25.7 Å². The Balaban J connectivity index is 1.79. The minimum atomic E-state index is -0.139. The molecule has 0 bridgehead atoms. The van der Waals surface area contributed by atoms with Crippen LogP contribution in [-0.2, 0) is 0 Å². The normalized spacial score (nSPS) is 29.5. The van der Waals surface area contributed by atoms with E-state index in [0.717, 1.165) is 31.2 Å². The molecule has 2 unspecified atom stereocenters. The van der Waals surface area contributed by atoms with Gasteiger partial charge in [0.2, 0.25) is 0 Å². The molecule has 3 heteroatoms. The van der Waals surface area contributed by atoms with Crippen molar-refractivity contribution in [2.45, 2.75) is 12.5 Å². The third-order valence-corrected chi connectivity index (χ3v) is 3.56. The van der Waals surface area contributed by atoms with Crippen molar-refractivity contribution in [3.05, 3.63) is 30.1 Å². The summed E-state index contributed by atoms with van der Waals surface area (Å²) in [6.07, 6.45) is 1.26. The molecule has 3 rings (SSSR count). The van der Waals surface area contributed by atoms with Gasteiger partial charge in [0.15, 0.2) is 0 Å². The van der Waals surface area contributed by atoms with Gasteiger partial charge in [-0.1, -0.05) is 6.07 Å². The van der Waals surface area contributed by atoms with Crippen LogP contribution in [0.15, 0.2) is 24.3 Å². The van der Waals surface area contributed by atoms with Gasteiger partial charge in [0.1, 0.15) is 5.82 Å². The van der Waals surface area contributed by atoms with Gasteiger partial charge in [0.25, 0.3) is 0 Å². The van der Waals surface area contributed by atoms with Crippen LogP contribution in [0.2, 0.25) is 0 Å². The van der Waals surface area contributed by atoms with Gasteiger partial charge in [-0.15, -0.1) is 0 Å². The largest absolute Gasteiger partial charge is 0.366 e. The van der Waals surface area contributed by atoms with Crippen LogP contribution in [0, 0.1) is 11.7 Å². The summed E-state index contributed by atoms with van der Waals surface area (Å²) < 4.78 is 13.1. The summed E-state index contributed by atoms with van der Waals surface area (Å²) in [5.74, 6) is 0.675. The standard InChI is InChI=1S/C12H15FN2/c13-10-2-1-3-11(6-10)15-8-9-4-5-14-7-12(9)15/h1-3,6,9,12,14H,4-5,7-8H2. The van der Waals surface area contributed by atoms with Crippen molar-refractivity contribution in [2.24, 2.45) is 5.92 Å². The van der Waals surface area contributed by atoms with Gasteiger partial charge in [-0.05, 0) is 37.1 Å². The number of hydrogen-bond acceptors (Lipinski definition) is 2. The molecular formula is C12H15FN2. The van der Waals surface area contributed by atoms with E-state index >= 15 is 0 Å². The first-order valence-electron chi connectivity index (χ1n) is 5.57. The van der Waals surface area contributed by atoms with Gasteiger partial charge >= 0.3 is 0 Å². The maximum Gasteiger partial charge on any atom is 0.125 e. The lowest BCUT2D eigenvalue weighted by molar-refractivity contribution is 0.229. The molecule has 1 aromatic rings. The number of piperidine rings is 1. The highest BCUT2D eigenvalue weighted by Gasteiger charge is 2.40. The summed E-state index contributed by atoms with van der Waals surface area (Å²) in [4.78, 5) is 2.31. The van der Waals surface area contributed by atoms with Crippen LogP contribution in [0.1, 0.15) is 6.42 Å². The molecule has 0 aromatic heterocycles. The summed E-state index contributed by atoms with van der Waals surface area (Å²) in [7, 11) is 0. The molecule has 2 fully saturated rings. The van der Waals surface area contributed by atoms with E-state index in [4.69, 9.17) is 0 Å². The Labute approximate surface area is 89.1 Å². The maximum atomic E-state index is 13.1. The van der Waals surface area contributed by atoms with Crippen LogP contribution in [0.4, 0.5) is 10.1 Å². The van der Waals surface area contributed by atoms with Crippen molar-refractivity contribution in [3.63, 3.8) is 0 Å². The molecule has 0 saturated carbocycles. The lowest BCUT2D eigenvalue weighted by atomic mass is 9.82. The van der Waals surface area contributed by atoms with Crippen LogP contribution in [0.25, 0.3) is 0 Å². The van der Waals surface area contributed by atoms with Crippen molar-refractivity contribution in [2.75, 3.05) is 24.5 Å². The molecule has 2 aliphatic heterocycles. The fourth-order valence-electron chi connectivity index (χ4n) is 2.68. The van der Waals surface area contributed by atoms with Crippen LogP contribution < -0.4 is 10.2 Å². The second-order valence-corrected chi connectivity index (χ2v) is 4.45. The molecule has 0 radical (unpaired) electrons. The van der Waals surface area contributed by atoms with Crippen molar-refractivity contribution >= 4 is 5.69 Å². The molecule has 0 spiro atoms. The SMILES string of the molecule is Fc1cccc(N2CC3CCNCC32)c1. The fourth-order valence-corrected chi connectivity index (χ4v) is 2.68. The lowest BCUT2D eigenvalue weighted by Gasteiger charge is -2.52. The predicted molar refractivity (Wildman–Crippen MR) is 58.5 cm³/mol. The Morgan fingerprint density at radius 3 is 3.13 bits per heavy atom. The summed E-state index contributed by atoms with van der Waals surface area (Å²) in [5.41, 5.74) is 1.03. The molecule has 2 aliphatic rings. The number of hydrogen-bond donors (Lipinski definition) is 1. The van der Waals surface area contributed by atoms with E-state index in [9.17, 15) is 4.39 Å². The zero-order valence-corrected chi connectivity index (χ0v) is 8.62. The van der Waals surface area contributed by atoms with E-state index in [2.05, 4.69) is 10.2 Å².